The van der Waals surface area contributed by atoms with Crippen LogP contribution in [0.3, 0.4) is 0 Å². The van der Waals surface area contributed by atoms with Gasteiger partial charge in [-0.25, -0.2) is 4.98 Å². The van der Waals surface area contributed by atoms with Crippen LogP contribution in [-0.4, -0.2) is 4.98 Å². The first kappa shape index (κ1) is 17.8. The average Bonchev–Trinajstić information content (AvgIpc) is 3.39. The Kier molecular flexibility index (Phi) is 4.03. The fraction of sp³-hybridized carbons (Fsp3) is 0.0741. The molecule has 2 heterocycles. The summed E-state index contributed by atoms with van der Waals surface area (Å²) >= 11 is 0. The number of fused-ring (bicyclic) bond motifs is 5. The minimum absolute atomic E-state index is 0.598. The number of nitrogens with one attached hydrogen (secondary N) is 1. The average molecular weight is 404 g/mol. The normalized spacial score (nSPS) is 14.9. The van der Waals surface area contributed by atoms with E-state index in [9.17, 15) is 0 Å². The molecule has 0 amide bonds. The quantitative estimate of drug-likeness (QED) is 0.343. The maximum absolute atomic E-state index is 6.06. The number of anilines is 1. The molecule has 31 heavy (non-hydrogen) atoms. The highest BCUT2D eigenvalue weighted by atomic mass is 16.5. The number of nitrogens with zero attached hydrogens (tertiary/aromatic N) is 1. The minimum atomic E-state index is 0.598. The molecule has 0 atom stereocenters. The van der Waals surface area contributed by atoms with Crippen LogP contribution >= 0.6 is 0 Å². The topological polar surface area (TPSA) is 47.3 Å². The molecule has 0 bridgehead atoms. The lowest BCUT2D eigenvalue weighted by Crippen LogP contribution is -1.97. The molecule has 4 heteroatoms. The number of rotatable bonds is 3. The summed E-state index contributed by atoms with van der Waals surface area (Å²) in [6.07, 6.45) is 4.82. The summed E-state index contributed by atoms with van der Waals surface area (Å²) in [6, 6.07) is 24.7. The molecular weight excluding hydrogens is 384 g/mol. The first-order valence-electron chi connectivity index (χ1n) is 10.4. The van der Waals surface area contributed by atoms with Gasteiger partial charge in [-0.05, 0) is 46.4 Å². The van der Waals surface area contributed by atoms with Crippen molar-refractivity contribution in [3.05, 3.63) is 96.2 Å². The minimum Gasteiger partial charge on any atom is -0.439 e. The molecule has 1 aliphatic heterocycles. The molecular formula is C27H20N2O2. The first-order valence-corrected chi connectivity index (χ1v) is 10.4. The number of aromatic nitrogens is 1. The van der Waals surface area contributed by atoms with Crippen LogP contribution in [0, 0.1) is 0 Å². The monoisotopic (exact) mass is 404 g/mol. The Morgan fingerprint density at radius 2 is 1.71 bits per heavy atom. The predicted molar refractivity (Wildman–Crippen MR) is 126 cm³/mol. The van der Waals surface area contributed by atoms with Crippen LogP contribution in [0.2, 0.25) is 0 Å². The van der Waals surface area contributed by atoms with Crippen LogP contribution < -0.4 is 10.1 Å². The third-order valence-corrected chi connectivity index (χ3v) is 5.66. The van der Waals surface area contributed by atoms with Crippen LogP contribution in [-0.2, 0) is 0 Å². The molecule has 4 aromatic carbocycles. The number of ether oxygens (including phenoxy) is 1. The van der Waals surface area contributed by atoms with Gasteiger partial charge in [-0.15, -0.1) is 0 Å². The van der Waals surface area contributed by atoms with Gasteiger partial charge in [-0.2, -0.15) is 0 Å². The van der Waals surface area contributed by atoms with Gasteiger partial charge >= 0.3 is 0 Å². The second kappa shape index (κ2) is 7.03. The summed E-state index contributed by atoms with van der Waals surface area (Å²) in [5.41, 5.74) is 3.73. The van der Waals surface area contributed by atoms with Crippen LogP contribution in [0.5, 0.6) is 5.75 Å². The Bertz CT molecular complexity index is 1480. The molecule has 0 saturated carbocycles. The van der Waals surface area contributed by atoms with Crippen LogP contribution in [0.15, 0.2) is 94.7 Å². The molecule has 1 N–H and O–H groups in total. The highest BCUT2D eigenvalue weighted by Crippen LogP contribution is 2.37. The van der Waals surface area contributed by atoms with E-state index in [1.54, 1.807) is 0 Å². The zero-order valence-corrected chi connectivity index (χ0v) is 17.1. The van der Waals surface area contributed by atoms with Crippen molar-refractivity contribution in [1.82, 2.24) is 4.98 Å². The molecule has 0 unspecified atom stereocenters. The van der Waals surface area contributed by atoms with E-state index in [-0.39, 0.29) is 0 Å². The first-order chi connectivity index (χ1) is 15.3. The van der Waals surface area contributed by atoms with Crippen LogP contribution in [0.25, 0.3) is 38.7 Å². The number of hydrogen-bond acceptors (Lipinski definition) is 4. The molecule has 1 aliphatic rings. The smallest absolute Gasteiger partial charge is 0.220 e. The van der Waals surface area contributed by atoms with Gasteiger partial charge in [0.05, 0.1) is 5.69 Å². The lowest BCUT2D eigenvalue weighted by Gasteiger charge is -2.01. The number of allylic oxidation sites excluding steroid dienone is 2. The highest BCUT2D eigenvalue weighted by Gasteiger charge is 2.18. The lowest BCUT2D eigenvalue weighted by molar-refractivity contribution is 0.457. The summed E-state index contributed by atoms with van der Waals surface area (Å²) in [7, 11) is 0. The molecule has 6 rings (SSSR count). The van der Waals surface area contributed by atoms with E-state index < -0.39 is 0 Å². The van der Waals surface area contributed by atoms with Gasteiger partial charge in [0.1, 0.15) is 5.52 Å². The maximum Gasteiger partial charge on any atom is 0.220 e. The molecule has 1 aromatic heterocycles. The van der Waals surface area contributed by atoms with Gasteiger partial charge in [0, 0.05) is 17.5 Å². The van der Waals surface area contributed by atoms with Crippen molar-refractivity contribution >= 4 is 44.4 Å². The fourth-order valence-corrected chi connectivity index (χ4v) is 4.06. The molecule has 4 nitrogen and oxygen atoms in total. The maximum atomic E-state index is 6.06. The van der Waals surface area contributed by atoms with Crippen molar-refractivity contribution in [3.8, 4) is 5.75 Å². The Labute approximate surface area is 179 Å². The van der Waals surface area contributed by atoms with Gasteiger partial charge in [0.15, 0.2) is 17.2 Å². The third kappa shape index (κ3) is 3.13. The Morgan fingerprint density at radius 1 is 0.935 bits per heavy atom. The van der Waals surface area contributed by atoms with Gasteiger partial charge in [-0.3, -0.25) is 0 Å². The van der Waals surface area contributed by atoms with E-state index in [0.29, 0.717) is 11.8 Å². The van der Waals surface area contributed by atoms with Crippen LogP contribution in [0.4, 0.5) is 5.69 Å². The van der Waals surface area contributed by atoms with Gasteiger partial charge < -0.3 is 14.5 Å². The standard InChI is InChI=1S/C27H20N2O2/c1-2-17(13-25-28-22-15-19-8-3-4-9-20(19)16-24(22)31-25)14-26-29-27-21-10-6-5-7-18(21)11-12-23(27)30-26/h3-16,28H,2H2,1H3. The van der Waals surface area contributed by atoms with E-state index in [1.165, 1.54) is 5.39 Å². The van der Waals surface area contributed by atoms with Crippen molar-refractivity contribution < 1.29 is 9.15 Å². The van der Waals surface area contributed by atoms with Crippen LogP contribution in [0.1, 0.15) is 19.2 Å². The summed E-state index contributed by atoms with van der Waals surface area (Å²) in [6.45, 7) is 2.11. The van der Waals surface area contributed by atoms with Crippen molar-refractivity contribution in [3.63, 3.8) is 0 Å². The van der Waals surface area contributed by atoms with Crippen molar-refractivity contribution in [2.24, 2.45) is 0 Å². The van der Waals surface area contributed by atoms with Gasteiger partial charge in [0.25, 0.3) is 0 Å². The second-order valence-electron chi connectivity index (χ2n) is 7.69. The van der Waals surface area contributed by atoms with Gasteiger partial charge in [0.2, 0.25) is 5.89 Å². The summed E-state index contributed by atoms with van der Waals surface area (Å²) in [5.74, 6) is 2.15. The summed E-state index contributed by atoms with van der Waals surface area (Å²) < 4.78 is 12.1. The highest BCUT2D eigenvalue weighted by molar-refractivity contribution is 6.03. The number of oxazole rings is 1. The van der Waals surface area contributed by atoms with Gasteiger partial charge in [-0.1, -0.05) is 61.5 Å². The molecule has 0 radical (unpaired) electrons. The number of benzene rings is 4. The zero-order chi connectivity index (χ0) is 20.8. The molecule has 0 spiro atoms. The molecule has 5 aromatic rings. The van der Waals surface area contributed by atoms with Crippen molar-refractivity contribution in [1.29, 1.82) is 0 Å². The van der Waals surface area contributed by atoms with E-state index in [1.807, 2.05) is 42.5 Å². The summed E-state index contributed by atoms with van der Waals surface area (Å²) in [4.78, 5) is 4.75. The Balaban J connectivity index is 1.35. The molecule has 150 valence electrons. The SMILES string of the molecule is CCC(=Cc1nc2c(ccc3ccccc32)o1)C=C1Nc2cc3ccccc3cc2O1. The fourth-order valence-electron chi connectivity index (χ4n) is 4.06. The second-order valence-corrected chi connectivity index (χ2v) is 7.69. The van der Waals surface area contributed by atoms with Crippen molar-refractivity contribution in [2.45, 2.75) is 13.3 Å². The zero-order valence-electron chi connectivity index (χ0n) is 17.1. The Morgan fingerprint density at radius 3 is 2.55 bits per heavy atom. The lowest BCUT2D eigenvalue weighted by atomic mass is 10.1. The third-order valence-electron chi connectivity index (χ3n) is 5.66. The molecule has 0 saturated heterocycles. The molecule has 0 aliphatic carbocycles. The van der Waals surface area contributed by atoms with Crippen molar-refractivity contribution in [2.75, 3.05) is 5.32 Å². The summed E-state index contributed by atoms with van der Waals surface area (Å²) in [5, 5.41) is 7.98. The Hall–Kier alpha value is -4.05. The number of hydrogen-bond donors (Lipinski definition) is 1. The predicted octanol–water partition coefficient (Wildman–Crippen LogP) is 7.27. The van der Waals surface area contributed by atoms with E-state index >= 15 is 0 Å². The van der Waals surface area contributed by atoms with E-state index in [2.05, 4.69) is 54.7 Å². The van der Waals surface area contributed by atoms with E-state index in [4.69, 9.17) is 14.1 Å². The van der Waals surface area contributed by atoms with E-state index in [0.717, 1.165) is 50.7 Å². The largest absolute Gasteiger partial charge is 0.439 e. The molecule has 0 fully saturated rings.